The van der Waals surface area contributed by atoms with Crippen LogP contribution in [0.2, 0.25) is 0 Å². The highest BCUT2D eigenvalue weighted by molar-refractivity contribution is 7.99. The first-order valence-corrected chi connectivity index (χ1v) is 14.9. The van der Waals surface area contributed by atoms with E-state index in [-0.39, 0.29) is 5.92 Å². The van der Waals surface area contributed by atoms with E-state index in [2.05, 4.69) is 30.3 Å². The highest BCUT2D eigenvalue weighted by Crippen LogP contribution is 2.45. The third-order valence-corrected chi connectivity index (χ3v) is 10.4. The van der Waals surface area contributed by atoms with Gasteiger partial charge in [0.2, 0.25) is 5.89 Å². The van der Waals surface area contributed by atoms with Gasteiger partial charge < -0.3 is 14.0 Å². The summed E-state index contributed by atoms with van der Waals surface area (Å²) < 4.78 is 7.60. The number of oxazole rings is 1. The topological polar surface area (TPSA) is 46.3 Å². The van der Waals surface area contributed by atoms with Crippen LogP contribution in [0.25, 0.3) is 0 Å². The van der Waals surface area contributed by atoms with Crippen molar-refractivity contribution in [3.63, 3.8) is 0 Å². The van der Waals surface area contributed by atoms with E-state index in [1.807, 2.05) is 48.3 Å². The van der Waals surface area contributed by atoms with E-state index in [1.165, 1.54) is 49.5 Å². The van der Waals surface area contributed by atoms with Crippen LogP contribution in [-0.2, 0) is 12.1 Å². The molecule has 4 nitrogen and oxygen atoms in total. The first-order chi connectivity index (χ1) is 17.6. The van der Waals surface area contributed by atoms with Gasteiger partial charge in [-0.3, -0.25) is 0 Å². The van der Waals surface area contributed by atoms with Crippen LogP contribution < -0.4 is 0 Å². The van der Waals surface area contributed by atoms with E-state index in [0.717, 1.165) is 59.9 Å². The van der Waals surface area contributed by atoms with E-state index in [4.69, 9.17) is 9.40 Å². The number of nitrogens with zero attached hydrogens (tertiary/aromatic N) is 2. The molecule has 1 aliphatic carbocycles. The van der Waals surface area contributed by atoms with Crippen molar-refractivity contribution >= 4 is 11.8 Å². The Kier molecular flexibility index (Phi) is 6.98. The predicted octanol–water partition coefficient (Wildman–Crippen LogP) is 6.64. The monoisotopic (exact) mass is 503 g/mol. The Labute approximate surface area is 219 Å². The zero-order valence-corrected chi connectivity index (χ0v) is 22.0. The molecule has 190 valence electrons. The number of piperidine rings is 3. The van der Waals surface area contributed by atoms with Crippen LogP contribution >= 0.6 is 11.8 Å². The molecule has 7 rings (SSSR count). The first kappa shape index (κ1) is 24.3. The highest BCUT2D eigenvalue weighted by atomic mass is 32.2. The number of benzene rings is 2. The molecule has 2 atom stereocenters. The van der Waals surface area contributed by atoms with E-state index >= 15 is 0 Å². The number of hydrogen-bond acceptors (Lipinski definition) is 4. The second kappa shape index (κ2) is 10.4. The molecule has 5 heteroatoms. The van der Waals surface area contributed by atoms with Gasteiger partial charge >= 0.3 is 0 Å². The normalized spacial score (nSPS) is 28.1. The molecule has 3 aliphatic heterocycles. The van der Waals surface area contributed by atoms with Crippen molar-refractivity contribution < 1.29 is 14.0 Å². The zero-order valence-electron chi connectivity index (χ0n) is 21.2. The van der Waals surface area contributed by atoms with Gasteiger partial charge in [0.1, 0.15) is 6.54 Å². The van der Waals surface area contributed by atoms with E-state index < -0.39 is 5.60 Å². The standard InChI is InChI=1S/C31H39N2O2S/c34-31(26-10-4-1-5-11-26,27-12-6-2-7-13-27)30-32-20-28(35-30)22-33-18-16-24(17-19-33)25(21-33)23-36-29-14-8-3-9-15-29/h1,3-5,8-11,14-15,20,24-25,27,34H,2,6-7,12-13,16-19,21-23H2/q+1/t24?,25-,31+,33?/m1/s1. The van der Waals surface area contributed by atoms with Crippen molar-refractivity contribution in [2.24, 2.45) is 17.8 Å². The molecule has 0 spiro atoms. The minimum absolute atomic E-state index is 0.150. The van der Waals surface area contributed by atoms with Gasteiger partial charge in [-0.1, -0.05) is 67.8 Å². The highest BCUT2D eigenvalue weighted by Gasteiger charge is 2.48. The predicted molar refractivity (Wildman–Crippen MR) is 144 cm³/mol. The summed E-state index contributed by atoms with van der Waals surface area (Å²) in [4.78, 5) is 6.13. The molecule has 4 fully saturated rings. The smallest absolute Gasteiger partial charge is 0.231 e. The van der Waals surface area contributed by atoms with Crippen LogP contribution in [0.5, 0.6) is 0 Å². The van der Waals surface area contributed by atoms with Crippen molar-refractivity contribution in [2.75, 3.05) is 25.4 Å². The third-order valence-electron chi connectivity index (χ3n) is 9.22. The summed E-state index contributed by atoms with van der Waals surface area (Å²) >= 11 is 2.01. The molecule has 4 aliphatic rings. The molecule has 4 heterocycles. The maximum atomic E-state index is 12.2. The Hall–Kier alpha value is -2.08. The number of aromatic nitrogens is 1. The fraction of sp³-hybridized carbons (Fsp3) is 0.516. The summed E-state index contributed by atoms with van der Waals surface area (Å²) in [6.07, 6.45) is 10.2. The lowest BCUT2D eigenvalue weighted by atomic mass is 9.73. The van der Waals surface area contributed by atoms with Crippen molar-refractivity contribution in [1.82, 2.24) is 4.98 Å². The fourth-order valence-corrected chi connectivity index (χ4v) is 8.33. The lowest BCUT2D eigenvalue weighted by molar-refractivity contribution is -0.959. The van der Waals surface area contributed by atoms with Crippen molar-refractivity contribution in [3.8, 4) is 0 Å². The van der Waals surface area contributed by atoms with Crippen molar-refractivity contribution in [1.29, 1.82) is 0 Å². The van der Waals surface area contributed by atoms with E-state index in [9.17, 15) is 5.11 Å². The minimum atomic E-state index is -1.15. The number of fused-ring (bicyclic) bond motifs is 3. The van der Waals surface area contributed by atoms with Gasteiger partial charge in [-0.2, -0.15) is 0 Å². The van der Waals surface area contributed by atoms with Gasteiger partial charge in [0.15, 0.2) is 11.4 Å². The Balaban J connectivity index is 1.20. The van der Waals surface area contributed by atoms with E-state index in [1.54, 1.807) is 0 Å². The lowest BCUT2D eigenvalue weighted by Crippen LogP contribution is -2.61. The Morgan fingerprint density at radius 2 is 1.61 bits per heavy atom. The molecule has 1 aromatic heterocycles. The van der Waals surface area contributed by atoms with Crippen LogP contribution in [0, 0.1) is 17.8 Å². The number of thioether (sulfide) groups is 1. The number of quaternary nitrogens is 1. The van der Waals surface area contributed by atoms with Gasteiger partial charge in [0.25, 0.3) is 0 Å². The number of aliphatic hydroxyl groups is 1. The molecule has 0 amide bonds. The SMILES string of the molecule is O[C@](c1ccccc1)(c1ncc(C[N+]23CCC(CC2)[C@@H](CSc2ccccc2)C3)o1)C1CCCCC1. The van der Waals surface area contributed by atoms with Crippen LogP contribution in [-0.4, -0.2) is 40.0 Å². The van der Waals surface area contributed by atoms with Gasteiger partial charge in [-0.15, -0.1) is 11.8 Å². The summed E-state index contributed by atoms with van der Waals surface area (Å²) in [5, 5.41) is 12.2. The van der Waals surface area contributed by atoms with Crippen LogP contribution in [0.3, 0.4) is 0 Å². The molecule has 3 aromatic rings. The van der Waals surface area contributed by atoms with Gasteiger partial charge in [0.05, 0.1) is 25.8 Å². The molecule has 0 unspecified atom stereocenters. The largest absolute Gasteiger partial charge is 0.436 e. The molecule has 36 heavy (non-hydrogen) atoms. The molecule has 1 saturated carbocycles. The van der Waals surface area contributed by atoms with E-state index in [0.29, 0.717) is 5.89 Å². The Bertz CT molecular complexity index is 1120. The fourth-order valence-electron chi connectivity index (χ4n) is 7.20. The van der Waals surface area contributed by atoms with Crippen LogP contribution in [0.15, 0.2) is 76.2 Å². The third kappa shape index (κ3) is 4.78. The number of hydrogen-bond donors (Lipinski definition) is 1. The lowest BCUT2D eigenvalue weighted by Gasteiger charge is -2.52. The van der Waals surface area contributed by atoms with Gasteiger partial charge in [-0.25, -0.2) is 4.98 Å². The quantitative estimate of drug-likeness (QED) is 0.276. The van der Waals surface area contributed by atoms with Gasteiger partial charge in [0, 0.05) is 35.3 Å². The average molecular weight is 504 g/mol. The second-order valence-electron chi connectivity index (χ2n) is 11.5. The second-order valence-corrected chi connectivity index (χ2v) is 12.5. The number of rotatable bonds is 8. The zero-order chi connectivity index (χ0) is 24.4. The molecular weight excluding hydrogens is 464 g/mol. The molecule has 2 aromatic carbocycles. The van der Waals surface area contributed by atoms with Crippen molar-refractivity contribution in [3.05, 3.63) is 84.1 Å². The van der Waals surface area contributed by atoms with Crippen molar-refractivity contribution in [2.45, 2.75) is 62.0 Å². The summed E-state index contributed by atoms with van der Waals surface area (Å²) in [6, 6.07) is 20.9. The molecule has 3 saturated heterocycles. The molecule has 0 radical (unpaired) electrons. The van der Waals surface area contributed by atoms with Crippen LogP contribution in [0.1, 0.15) is 62.2 Å². The molecule has 2 bridgehead atoms. The summed E-state index contributed by atoms with van der Waals surface area (Å²) in [7, 11) is 0. The Morgan fingerprint density at radius 3 is 2.33 bits per heavy atom. The van der Waals surface area contributed by atoms with Crippen LogP contribution in [0.4, 0.5) is 0 Å². The summed E-state index contributed by atoms with van der Waals surface area (Å²) in [5.41, 5.74) is -0.238. The minimum Gasteiger partial charge on any atom is -0.436 e. The maximum Gasteiger partial charge on any atom is 0.231 e. The average Bonchev–Trinajstić information content (AvgIpc) is 3.42. The summed E-state index contributed by atoms with van der Waals surface area (Å²) in [5.74, 6) is 4.40. The first-order valence-electron chi connectivity index (χ1n) is 13.9. The summed E-state index contributed by atoms with van der Waals surface area (Å²) in [6.45, 7) is 4.59. The Morgan fingerprint density at radius 1 is 0.917 bits per heavy atom. The van der Waals surface area contributed by atoms with Gasteiger partial charge in [-0.05, 0) is 36.5 Å². The molecular formula is C31H39N2O2S+. The maximum absolute atomic E-state index is 12.2. The molecule has 1 N–H and O–H groups in total.